The molecule has 0 fully saturated rings. The highest BCUT2D eigenvalue weighted by Crippen LogP contribution is 2.44. The fourth-order valence-corrected chi connectivity index (χ4v) is 2.74. The van der Waals surface area contributed by atoms with Crippen molar-refractivity contribution in [3.63, 3.8) is 0 Å². The van der Waals surface area contributed by atoms with Crippen LogP contribution in [0.4, 0.5) is 0 Å². The standard InChI is InChI=1S/C16H15BrO2/c1-12(13-8-4-2-5-9-13)16(17,15(18)19)14-10-6-3-7-11-14/h2-12H,1H3,(H,18,19)/t12?,16-/m0/s1. The third-order valence-electron chi connectivity index (χ3n) is 3.40. The fourth-order valence-electron chi connectivity index (χ4n) is 2.21. The molecule has 1 N–H and O–H groups in total. The van der Waals surface area contributed by atoms with Gasteiger partial charge in [0.05, 0.1) is 0 Å². The van der Waals surface area contributed by atoms with E-state index in [0.717, 1.165) is 11.1 Å². The monoisotopic (exact) mass is 318 g/mol. The first-order valence-electron chi connectivity index (χ1n) is 6.09. The summed E-state index contributed by atoms with van der Waals surface area (Å²) in [7, 11) is 0. The number of rotatable bonds is 4. The summed E-state index contributed by atoms with van der Waals surface area (Å²) in [6, 6.07) is 18.9. The van der Waals surface area contributed by atoms with Gasteiger partial charge in [0, 0.05) is 5.92 Å². The summed E-state index contributed by atoms with van der Waals surface area (Å²) in [6.07, 6.45) is 0. The quantitative estimate of drug-likeness (QED) is 0.859. The molecule has 0 aliphatic heterocycles. The van der Waals surface area contributed by atoms with Crippen molar-refractivity contribution in [3.8, 4) is 0 Å². The minimum absolute atomic E-state index is 0.186. The van der Waals surface area contributed by atoms with E-state index in [2.05, 4.69) is 15.9 Å². The largest absolute Gasteiger partial charge is 0.480 e. The van der Waals surface area contributed by atoms with E-state index in [1.807, 2.05) is 67.6 Å². The zero-order valence-corrected chi connectivity index (χ0v) is 12.2. The van der Waals surface area contributed by atoms with Crippen LogP contribution >= 0.6 is 15.9 Å². The second kappa shape index (κ2) is 5.57. The van der Waals surface area contributed by atoms with Gasteiger partial charge >= 0.3 is 5.97 Å². The van der Waals surface area contributed by atoms with E-state index in [9.17, 15) is 9.90 Å². The Balaban J connectivity index is 2.49. The third-order valence-corrected chi connectivity index (χ3v) is 4.89. The lowest BCUT2D eigenvalue weighted by molar-refractivity contribution is -0.140. The first kappa shape index (κ1) is 13.8. The smallest absolute Gasteiger partial charge is 0.325 e. The Bertz CT molecular complexity index is 553. The number of halogens is 1. The summed E-state index contributed by atoms with van der Waals surface area (Å²) >= 11 is 3.46. The Morgan fingerprint density at radius 3 is 2.00 bits per heavy atom. The lowest BCUT2D eigenvalue weighted by Crippen LogP contribution is -2.34. The van der Waals surface area contributed by atoms with Crippen molar-refractivity contribution in [2.45, 2.75) is 17.2 Å². The van der Waals surface area contributed by atoms with Crippen molar-refractivity contribution in [2.24, 2.45) is 0 Å². The van der Waals surface area contributed by atoms with Gasteiger partial charge in [-0.1, -0.05) is 83.5 Å². The second-order valence-electron chi connectivity index (χ2n) is 4.52. The molecule has 0 saturated carbocycles. The molecule has 2 aromatic carbocycles. The molecule has 98 valence electrons. The summed E-state index contributed by atoms with van der Waals surface area (Å²) in [4.78, 5) is 11.8. The van der Waals surface area contributed by atoms with E-state index in [1.54, 1.807) is 0 Å². The van der Waals surface area contributed by atoms with Crippen LogP contribution in [0.15, 0.2) is 60.7 Å². The number of carbonyl (C=O) groups is 1. The van der Waals surface area contributed by atoms with Gasteiger partial charge in [-0.25, -0.2) is 0 Å². The number of carboxylic acids is 1. The first-order chi connectivity index (χ1) is 9.06. The molecule has 0 amide bonds. The topological polar surface area (TPSA) is 37.3 Å². The number of alkyl halides is 1. The van der Waals surface area contributed by atoms with Gasteiger partial charge in [0.2, 0.25) is 0 Å². The van der Waals surface area contributed by atoms with Crippen LogP contribution in [0, 0.1) is 0 Å². The molecular weight excluding hydrogens is 304 g/mol. The minimum atomic E-state index is -1.12. The first-order valence-corrected chi connectivity index (χ1v) is 6.89. The van der Waals surface area contributed by atoms with Gasteiger partial charge < -0.3 is 5.11 Å². The molecule has 19 heavy (non-hydrogen) atoms. The van der Waals surface area contributed by atoms with Gasteiger partial charge in [-0.2, -0.15) is 0 Å². The van der Waals surface area contributed by atoms with E-state index in [0.29, 0.717) is 0 Å². The average Bonchev–Trinajstić information content (AvgIpc) is 2.47. The number of carboxylic acid groups (broad SMARTS) is 1. The van der Waals surface area contributed by atoms with E-state index in [1.165, 1.54) is 0 Å². The molecule has 0 aliphatic rings. The van der Waals surface area contributed by atoms with Gasteiger partial charge in [0.1, 0.15) is 0 Å². The molecule has 0 heterocycles. The molecule has 2 rings (SSSR count). The molecule has 2 nitrogen and oxygen atoms in total. The van der Waals surface area contributed by atoms with Crippen LogP contribution in [0.5, 0.6) is 0 Å². The van der Waals surface area contributed by atoms with Crippen LogP contribution in [-0.2, 0) is 9.12 Å². The van der Waals surface area contributed by atoms with Crippen molar-refractivity contribution < 1.29 is 9.90 Å². The Kier molecular flexibility index (Phi) is 4.05. The van der Waals surface area contributed by atoms with Crippen molar-refractivity contribution in [1.82, 2.24) is 0 Å². The van der Waals surface area contributed by atoms with E-state index >= 15 is 0 Å². The Labute approximate surface area is 121 Å². The number of aliphatic carboxylic acids is 1. The highest BCUT2D eigenvalue weighted by molar-refractivity contribution is 9.10. The van der Waals surface area contributed by atoms with Crippen LogP contribution in [0.25, 0.3) is 0 Å². The van der Waals surface area contributed by atoms with Crippen molar-refractivity contribution in [3.05, 3.63) is 71.8 Å². The number of hydrogen-bond acceptors (Lipinski definition) is 1. The predicted octanol–water partition coefficient (Wildman–Crippen LogP) is 4.17. The number of hydrogen-bond donors (Lipinski definition) is 1. The molecule has 0 spiro atoms. The summed E-state index contributed by atoms with van der Waals surface area (Å²) < 4.78 is -1.12. The maximum Gasteiger partial charge on any atom is 0.325 e. The maximum atomic E-state index is 11.8. The third kappa shape index (κ3) is 2.56. The molecule has 0 aromatic heterocycles. The molecule has 3 heteroatoms. The molecule has 2 atom stereocenters. The van der Waals surface area contributed by atoms with Crippen LogP contribution in [0.1, 0.15) is 24.0 Å². The molecular formula is C16H15BrO2. The molecule has 1 unspecified atom stereocenters. The lowest BCUT2D eigenvalue weighted by atomic mass is 9.82. The van der Waals surface area contributed by atoms with Crippen LogP contribution in [0.2, 0.25) is 0 Å². The summed E-state index contributed by atoms with van der Waals surface area (Å²) in [6.45, 7) is 1.92. The maximum absolute atomic E-state index is 11.8. The van der Waals surface area contributed by atoms with Gasteiger partial charge in [-0.3, -0.25) is 4.79 Å². The van der Waals surface area contributed by atoms with Crippen molar-refractivity contribution >= 4 is 21.9 Å². The normalized spacial score (nSPS) is 15.5. The Hall–Kier alpha value is -1.61. The summed E-state index contributed by atoms with van der Waals surface area (Å²) in [5, 5.41) is 9.67. The van der Waals surface area contributed by atoms with Gasteiger partial charge in [-0.05, 0) is 11.1 Å². The Morgan fingerprint density at radius 2 is 1.53 bits per heavy atom. The molecule has 0 radical (unpaired) electrons. The van der Waals surface area contributed by atoms with E-state index in [4.69, 9.17) is 0 Å². The van der Waals surface area contributed by atoms with Crippen LogP contribution < -0.4 is 0 Å². The van der Waals surface area contributed by atoms with Crippen LogP contribution in [-0.4, -0.2) is 11.1 Å². The average molecular weight is 319 g/mol. The summed E-state index contributed by atoms with van der Waals surface area (Å²) in [5.41, 5.74) is 1.74. The number of benzene rings is 2. The molecule has 0 bridgehead atoms. The molecule has 0 saturated heterocycles. The minimum Gasteiger partial charge on any atom is -0.480 e. The zero-order valence-electron chi connectivity index (χ0n) is 10.6. The zero-order chi connectivity index (χ0) is 13.9. The highest BCUT2D eigenvalue weighted by Gasteiger charge is 2.43. The summed E-state index contributed by atoms with van der Waals surface area (Å²) in [5.74, 6) is -1.07. The van der Waals surface area contributed by atoms with Gasteiger partial charge in [0.25, 0.3) is 0 Å². The van der Waals surface area contributed by atoms with Gasteiger partial charge in [0.15, 0.2) is 4.32 Å². The van der Waals surface area contributed by atoms with E-state index in [-0.39, 0.29) is 5.92 Å². The van der Waals surface area contributed by atoms with Crippen molar-refractivity contribution in [1.29, 1.82) is 0 Å². The molecule has 0 aliphatic carbocycles. The fraction of sp³-hybridized carbons (Fsp3) is 0.188. The second-order valence-corrected chi connectivity index (χ2v) is 5.77. The predicted molar refractivity (Wildman–Crippen MR) is 79.5 cm³/mol. The highest BCUT2D eigenvalue weighted by atomic mass is 79.9. The van der Waals surface area contributed by atoms with Crippen LogP contribution in [0.3, 0.4) is 0 Å². The van der Waals surface area contributed by atoms with Gasteiger partial charge in [-0.15, -0.1) is 0 Å². The van der Waals surface area contributed by atoms with E-state index < -0.39 is 10.3 Å². The molecule has 2 aromatic rings. The van der Waals surface area contributed by atoms with Crippen molar-refractivity contribution in [2.75, 3.05) is 0 Å². The SMILES string of the molecule is CC(c1ccccc1)[C@@](Br)(C(=O)O)c1ccccc1. The lowest BCUT2D eigenvalue weighted by Gasteiger charge is -2.30. The Morgan fingerprint density at radius 1 is 1.05 bits per heavy atom.